The topological polar surface area (TPSA) is 102 Å². The van der Waals surface area contributed by atoms with Gasteiger partial charge in [-0.1, -0.05) is 29.8 Å². The molecule has 128 valence electrons. The summed E-state index contributed by atoms with van der Waals surface area (Å²) in [4.78, 5) is 14.1. The lowest BCUT2D eigenvalue weighted by atomic mass is 10.1. The van der Waals surface area contributed by atoms with Crippen molar-refractivity contribution in [1.82, 2.24) is 19.7 Å². The maximum Gasteiger partial charge on any atom is 0.242 e. The summed E-state index contributed by atoms with van der Waals surface area (Å²) in [6.45, 7) is 2.59. The number of H-pyrrole nitrogens is 1. The van der Waals surface area contributed by atoms with Gasteiger partial charge >= 0.3 is 0 Å². The number of aromatic amines is 1. The summed E-state index contributed by atoms with van der Waals surface area (Å²) in [6.07, 6.45) is 0.442. The van der Waals surface area contributed by atoms with Gasteiger partial charge in [0.25, 0.3) is 0 Å². The number of nitrogens with one attached hydrogen (secondary N) is 1. The van der Waals surface area contributed by atoms with Crippen molar-refractivity contribution < 1.29 is 4.79 Å². The van der Waals surface area contributed by atoms with E-state index in [2.05, 4.69) is 10.2 Å². The summed E-state index contributed by atoms with van der Waals surface area (Å²) in [5.74, 6) is 0.384. The van der Waals surface area contributed by atoms with Crippen LogP contribution < -0.4 is 0 Å². The molecule has 0 aliphatic rings. The van der Waals surface area contributed by atoms with Gasteiger partial charge in [0.1, 0.15) is 6.54 Å². The van der Waals surface area contributed by atoms with E-state index in [4.69, 9.17) is 22.7 Å². The SMILES string of the molecule is Cc1ccc(-c2n[nH]c(=S)n2CC(=O)N(CCC#N)CCC#N)cc1. The van der Waals surface area contributed by atoms with Gasteiger partial charge in [0, 0.05) is 18.7 Å². The first-order valence-corrected chi connectivity index (χ1v) is 8.21. The first-order chi connectivity index (χ1) is 12.1. The first kappa shape index (κ1) is 18.4. The van der Waals surface area contributed by atoms with Crippen molar-refractivity contribution in [3.63, 3.8) is 0 Å². The molecule has 0 saturated carbocycles. The summed E-state index contributed by atoms with van der Waals surface area (Å²) >= 11 is 5.25. The molecule has 7 nitrogen and oxygen atoms in total. The second-order valence-corrected chi connectivity index (χ2v) is 5.89. The zero-order valence-electron chi connectivity index (χ0n) is 13.9. The number of carbonyl (C=O) groups is 1. The van der Waals surface area contributed by atoms with Crippen LogP contribution >= 0.6 is 12.2 Å². The van der Waals surface area contributed by atoms with E-state index in [-0.39, 0.29) is 25.3 Å². The van der Waals surface area contributed by atoms with E-state index in [0.717, 1.165) is 11.1 Å². The zero-order chi connectivity index (χ0) is 18.2. The minimum absolute atomic E-state index is 0.00933. The molecule has 1 N–H and O–H groups in total. The monoisotopic (exact) mass is 354 g/mol. The average molecular weight is 354 g/mol. The van der Waals surface area contributed by atoms with E-state index in [9.17, 15) is 4.79 Å². The minimum Gasteiger partial charge on any atom is -0.339 e. The van der Waals surface area contributed by atoms with Gasteiger partial charge in [-0.25, -0.2) is 0 Å². The van der Waals surface area contributed by atoms with Crippen LogP contribution in [0.4, 0.5) is 0 Å². The van der Waals surface area contributed by atoms with Gasteiger partial charge < -0.3 is 4.90 Å². The highest BCUT2D eigenvalue weighted by atomic mass is 32.1. The molecule has 0 spiro atoms. The smallest absolute Gasteiger partial charge is 0.242 e. The molecular weight excluding hydrogens is 336 g/mol. The lowest BCUT2D eigenvalue weighted by Crippen LogP contribution is -2.35. The fourth-order valence-electron chi connectivity index (χ4n) is 2.35. The van der Waals surface area contributed by atoms with E-state index < -0.39 is 0 Å². The quantitative estimate of drug-likeness (QED) is 0.770. The maximum atomic E-state index is 12.6. The molecule has 0 bridgehead atoms. The molecule has 1 amide bonds. The van der Waals surface area contributed by atoms with Crippen LogP contribution in [0.15, 0.2) is 24.3 Å². The van der Waals surface area contributed by atoms with Crippen LogP contribution in [-0.4, -0.2) is 38.7 Å². The Hall–Kier alpha value is -2.97. The lowest BCUT2D eigenvalue weighted by molar-refractivity contribution is -0.131. The van der Waals surface area contributed by atoms with Gasteiger partial charge in [0.15, 0.2) is 10.6 Å². The molecule has 8 heteroatoms. The molecule has 0 aliphatic heterocycles. The van der Waals surface area contributed by atoms with Crippen molar-refractivity contribution in [3.05, 3.63) is 34.6 Å². The van der Waals surface area contributed by atoms with Crippen LogP contribution in [0, 0.1) is 34.4 Å². The van der Waals surface area contributed by atoms with Crippen molar-refractivity contribution in [1.29, 1.82) is 10.5 Å². The number of nitrogens with zero attached hydrogens (tertiary/aromatic N) is 5. The van der Waals surface area contributed by atoms with E-state index in [0.29, 0.717) is 23.7 Å². The molecule has 25 heavy (non-hydrogen) atoms. The Morgan fingerprint density at radius 3 is 2.40 bits per heavy atom. The van der Waals surface area contributed by atoms with Crippen molar-refractivity contribution in [2.75, 3.05) is 13.1 Å². The number of hydrogen-bond donors (Lipinski definition) is 1. The largest absolute Gasteiger partial charge is 0.339 e. The Balaban J connectivity index is 2.24. The fraction of sp³-hybridized carbons (Fsp3) is 0.353. The van der Waals surface area contributed by atoms with Crippen LogP contribution in [0.5, 0.6) is 0 Å². The van der Waals surface area contributed by atoms with Crippen molar-refractivity contribution in [2.24, 2.45) is 0 Å². The third kappa shape index (κ3) is 4.75. The van der Waals surface area contributed by atoms with Crippen molar-refractivity contribution in [3.8, 4) is 23.5 Å². The number of benzene rings is 1. The molecule has 1 heterocycles. The molecule has 1 aromatic heterocycles. The van der Waals surface area contributed by atoms with Gasteiger partial charge in [-0.3, -0.25) is 14.5 Å². The van der Waals surface area contributed by atoms with Gasteiger partial charge in [-0.2, -0.15) is 15.6 Å². The standard InChI is InChI=1S/C17H18N6OS/c1-13-4-6-14(7-5-13)16-20-21-17(25)23(16)12-15(24)22(10-2-8-18)11-3-9-19/h4-7H,2-3,10-12H2,1H3,(H,21,25). The molecule has 0 fully saturated rings. The predicted molar refractivity (Wildman–Crippen MR) is 94.6 cm³/mol. The van der Waals surface area contributed by atoms with Crippen molar-refractivity contribution >= 4 is 18.1 Å². The first-order valence-electron chi connectivity index (χ1n) is 7.80. The molecule has 0 atom stereocenters. The molecular formula is C17H18N6OS. The van der Waals surface area contributed by atoms with Gasteiger partial charge in [-0.05, 0) is 19.1 Å². The Bertz CT molecular complexity index is 850. The second kappa shape index (κ2) is 8.76. The average Bonchev–Trinajstić information content (AvgIpc) is 2.96. The predicted octanol–water partition coefficient (Wildman–Crippen LogP) is 2.57. The number of nitriles is 2. The Labute approximate surface area is 151 Å². The van der Waals surface area contributed by atoms with Crippen LogP contribution in [-0.2, 0) is 11.3 Å². The minimum atomic E-state index is -0.198. The highest BCUT2D eigenvalue weighted by Crippen LogP contribution is 2.18. The summed E-state index contributed by atoms with van der Waals surface area (Å²) < 4.78 is 1.98. The molecule has 1 aromatic carbocycles. The third-order valence-corrected chi connectivity index (χ3v) is 4.01. The van der Waals surface area contributed by atoms with E-state index in [1.165, 1.54) is 4.90 Å². The molecule has 0 unspecified atom stereocenters. The third-order valence-electron chi connectivity index (χ3n) is 3.70. The van der Waals surface area contributed by atoms with Crippen LogP contribution in [0.1, 0.15) is 18.4 Å². The molecule has 2 aromatic rings. The summed E-state index contributed by atoms with van der Waals surface area (Å²) in [5, 5.41) is 24.4. The lowest BCUT2D eigenvalue weighted by Gasteiger charge is -2.21. The normalized spacial score (nSPS) is 10.0. The Morgan fingerprint density at radius 2 is 1.84 bits per heavy atom. The highest BCUT2D eigenvalue weighted by Gasteiger charge is 2.17. The van der Waals surface area contributed by atoms with Gasteiger partial charge in [0.2, 0.25) is 5.91 Å². The van der Waals surface area contributed by atoms with E-state index >= 15 is 0 Å². The summed E-state index contributed by atoms with van der Waals surface area (Å²) in [5.41, 5.74) is 1.98. The van der Waals surface area contributed by atoms with Crippen LogP contribution in [0.2, 0.25) is 0 Å². The van der Waals surface area contributed by atoms with Gasteiger partial charge in [-0.15, -0.1) is 0 Å². The Kier molecular flexibility index (Phi) is 6.44. The van der Waals surface area contributed by atoms with Crippen molar-refractivity contribution in [2.45, 2.75) is 26.3 Å². The zero-order valence-corrected chi connectivity index (χ0v) is 14.7. The Morgan fingerprint density at radius 1 is 1.24 bits per heavy atom. The number of hydrogen-bond acceptors (Lipinski definition) is 5. The maximum absolute atomic E-state index is 12.6. The summed E-state index contributed by atoms with van der Waals surface area (Å²) in [6, 6.07) is 11.8. The highest BCUT2D eigenvalue weighted by molar-refractivity contribution is 7.71. The number of aryl methyl sites for hydroxylation is 1. The molecule has 0 radical (unpaired) electrons. The van der Waals surface area contributed by atoms with E-state index in [1.807, 2.05) is 43.3 Å². The van der Waals surface area contributed by atoms with Crippen LogP contribution in [0.3, 0.4) is 0 Å². The molecule has 2 rings (SSSR count). The number of aromatic nitrogens is 3. The second-order valence-electron chi connectivity index (χ2n) is 5.50. The van der Waals surface area contributed by atoms with E-state index in [1.54, 1.807) is 4.57 Å². The number of rotatable bonds is 7. The van der Waals surface area contributed by atoms with Gasteiger partial charge in [0.05, 0.1) is 25.0 Å². The molecule has 0 saturated heterocycles. The molecule has 0 aliphatic carbocycles. The number of carbonyl (C=O) groups excluding carboxylic acids is 1. The fourth-order valence-corrected chi connectivity index (χ4v) is 2.55. The summed E-state index contributed by atoms with van der Waals surface area (Å²) in [7, 11) is 0. The van der Waals surface area contributed by atoms with Crippen LogP contribution in [0.25, 0.3) is 11.4 Å². The number of amides is 1.